The first-order chi connectivity index (χ1) is 13.0. The third kappa shape index (κ3) is 4.72. The van der Waals surface area contributed by atoms with E-state index in [-0.39, 0.29) is 11.1 Å². The third-order valence-corrected chi connectivity index (χ3v) is 4.47. The number of carboxylic acid groups (broad SMARTS) is 1. The van der Waals surface area contributed by atoms with Crippen molar-refractivity contribution in [2.45, 2.75) is 26.4 Å². The van der Waals surface area contributed by atoms with Gasteiger partial charge in [0, 0.05) is 11.6 Å². The van der Waals surface area contributed by atoms with Crippen LogP contribution in [0.4, 0.5) is 0 Å². The minimum atomic E-state index is -0.941. The van der Waals surface area contributed by atoms with Gasteiger partial charge in [-0.3, -0.25) is 9.69 Å². The number of carbonyl (C=O) groups is 1. The molecule has 0 aliphatic heterocycles. The van der Waals surface area contributed by atoms with Crippen LogP contribution < -0.4 is 5.56 Å². The highest BCUT2D eigenvalue weighted by Gasteiger charge is 2.11. The number of aromatic amines is 1. The summed E-state index contributed by atoms with van der Waals surface area (Å²) < 4.78 is 0. The molecule has 3 rings (SSSR count). The van der Waals surface area contributed by atoms with Gasteiger partial charge in [-0.2, -0.15) is 0 Å². The van der Waals surface area contributed by atoms with E-state index < -0.39 is 5.97 Å². The molecule has 1 aromatic heterocycles. The molecule has 7 heteroatoms. The molecule has 0 fully saturated rings. The first kappa shape index (κ1) is 19.1. The molecule has 27 heavy (non-hydrogen) atoms. The number of aromatic nitrogens is 2. The normalized spacial score (nSPS) is 11.2. The average molecular weight is 386 g/mol. The molecule has 0 saturated heterocycles. The fourth-order valence-corrected chi connectivity index (χ4v) is 3.16. The minimum Gasteiger partial charge on any atom is -0.478 e. The lowest BCUT2D eigenvalue weighted by molar-refractivity contribution is 0.0697. The number of aromatic carboxylic acids is 1. The summed E-state index contributed by atoms with van der Waals surface area (Å²) in [5.74, 6) is -0.367. The van der Waals surface area contributed by atoms with Gasteiger partial charge in [0.05, 0.1) is 23.0 Å². The molecule has 0 aliphatic rings. The van der Waals surface area contributed by atoms with E-state index in [0.29, 0.717) is 34.8 Å². The van der Waals surface area contributed by atoms with Crippen molar-refractivity contribution in [3.63, 3.8) is 0 Å². The molecule has 0 atom stereocenters. The molecule has 6 nitrogen and oxygen atoms in total. The van der Waals surface area contributed by atoms with Gasteiger partial charge in [-0.15, -0.1) is 0 Å². The van der Waals surface area contributed by atoms with Gasteiger partial charge in [0.25, 0.3) is 5.56 Å². The Morgan fingerprint density at radius 1 is 1.19 bits per heavy atom. The van der Waals surface area contributed by atoms with Crippen LogP contribution in [0.25, 0.3) is 10.9 Å². The van der Waals surface area contributed by atoms with Crippen LogP contribution in [-0.4, -0.2) is 32.5 Å². The maximum absolute atomic E-state index is 12.3. The Morgan fingerprint density at radius 3 is 2.59 bits per heavy atom. The Morgan fingerprint density at radius 2 is 1.93 bits per heavy atom. The number of rotatable bonds is 7. The van der Waals surface area contributed by atoms with Crippen LogP contribution in [0.1, 0.15) is 35.1 Å². The van der Waals surface area contributed by atoms with E-state index in [4.69, 9.17) is 16.7 Å². The van der Waals surface area contributed by atoms with Crippen LogP contribution in [0.3, 0.4) is 0 Å². The molecule has 0 amide bonds. The zero-order valence-corrected chi connectivity index (χ0v) is 15.7. The van der Waals surface area contributed by atoms with Gasteiger partial charge in [0.2, 0.25) is 0 Å². The summed E-state index contributed by atoms with van der Waals surface area (Å²) in [6, 6.07) is 11.8. The molecule has 1 heterocycles. The lowest BCUT2D eigenvalue weighted by Gasteiger charge is -2.21. The van der Waals surface area contributed by atoms with Crippen LogP contribution in [0.2, 0.25) is 5.02 Å². The monoisotopic (exact) mass is 385 g/mol. The second-order valence-electron chi connectivity index (χ2n) is 6.39. The van der Waals surface area contributed by atoms with Crippen LogP contribution in [-0.2, 0) is 13.1 Å². The van der Waals surface area contributed by atoms with Crippen molar-refractivity contribution >= 4 is 28.5 Å². The van der Waals surface area contributed by atoms with Crippen molar-refractivity contribution in [1.82, 2.24) is 14.9 Å². The van der Waals surface area contributed by atoms with Crippen molar-refractivity contribution < 1.29 is 9.90 Å². The number of fused-ring (bicyclic) bond motifs is 1. The molecule has 2 aromatic carbocycles. The van der Waals surface area contributed by atoms with Crippen LogP contribution >= 0.6 is 11.6 Å². The van der Waals surface area contributed by atoms with Crippen molar-refractivity contribution in [3.8, 4) is 0 Å². The standard InChI is InChI=1S/C20H20ClN3O3/c1-2-9-24(11-13-3-5-14(6-4-13)20(26)27)12-18-22-17-10-15(21)7-8-16(17)19(25)23-18/h3-8,10H,2,9,11-12H2,1H3,(H,26,27)(H,22,23,25). The summed E-state index contributed by atoms with van der Waals surface area (Å²) in [5.41, 5.74) is 1.65. The maximum Gasteiger partial charge on any atom is 0.335 e. The Kier molecular flexibility index (Phi) is 5.88. The highest BCUT2D eigenvalue weighted by Crippen LogP contribution is 2.16. The number of halogens is 1. The van der Waals surface area contributed by atoms with Crippen molar-refractivity contribution in [3.05, 3.63) is 74.8 Å². The van der Waals surface area contributed by atoms with Crippen molar-refractivity contribution in [2.75, 3.05) is 6.54 Å². The molecule has 0 aliphatic carbocycles. The van der Waals surface area contributed by atoms with Gasteiger partial charge in [-0.1, -0.05) is 30.7 Å². The Balaban J connectivity index is 1.82. The topological polar surface area (TPSA) is 86.3 Å². The largest absolute Gasteiger partial charge is 0.478 e. The number of hydrogen-bond donors (Lipinski definition) is 2. The molecule has 0 spiro atoms. The zero-order valence-electron chi connectivity index (χ0n) is 14.9. The van der Waals surface area contributed by atoms with E-state index in [9.17, 15) is 9.59 Å². The highest BCUT2D eigenvalue weighted by atomic mass is 35.5. The van der Waals surface area contributed by atoms with Gasteiger partial charge < -0.3 is 10.1 Å². The number of H-pyrrole nitrogens is 1. The van der Waals surface area contributed by atoms with Gasteiger partial charge >= 0.3 is 5.97 Å². The quantitative estimate of drug-likeness (QED) is 0.647. The Hall–Kier alpha value is -2.70. The number of nitrogens with one attached hydrogen (secondary N) is 1. The lowest BCUT2D eigenvalue weighted by atomic mass is 10.1. The molecule has 0 radical (unpaired) electrons. The van der Waals surface area contributed by atoms with Gasteiger partial charge in [-0.25, -0.2) is 9.78 Å². The van der Waals surface area contributed by atoms with Crippen molar-refractivity contribution in [2.24, 2.45) is 0 Å². The average Bonchev–Trinajstić information content (AvgIpc) is 2.62. The van der Waals surface area contributed by atoms with E-state index in [1.807, 2.05) is 12.1 Å². The van der Waals surface area contributed by atoms with E-state index in [1.54, 1.807) is 30.3 Å². The smallest absolute Gasteiger partial charge is 0.335 e. The second kappa shape index (κ2) is 8.33. The molecule has 140 valence electrons. The van der Waals surface area contributed by atoms with Crippen molar-refractivity contribution in [1.29, 1.82) is 0 Å². The predicted molar refractivity (Wildman–Crippen MR) is 105 cm³/mol. The Bertz CT molecular complexity index is 1020. The van der Waals surface area contributed by atoms with Gasteiger partial charge in [0.1, 0.15) is 5.82 Å². The van der Waals surface area contributed by atoms with Crippen LogP contribution in [0.15, 0.2) is 47.3 Å². The molecule has 0 unspecified atom stereocenters. The number of nitrogens with zero attached hydrogens (tertiary/aromatic N) is 2. The summed E-state index contributed by atoms with van der Waals surface area (Å²) in [6.45, 7) is 4.01. The summed E-state index contributed by atoms with van der Waals surface area (Å²) in [7, 11) is 0. The van der Waals surface area contributed by atoms with E-state index >= 15 is 0 Å². The van der Waals surface area contributed by atoms with Crippen LogP contribution in [0.5, 0.6) is 0 Å². The van der Waals surface area contributed by atoms with Gasteiger partial charge in [0.15, 0.2) is 0 Å². The first-order valence-electron chi connectivity index (χ1n) is 8.69. The fraction of sp³-hybridized carbons (Fsp3) is 0.250. The summed E-state index contributed by atoms with van der Waals surface area (Å²) in [5, 5.41) is 10.1. The molecular weight excluding hydrogens is 366 g/mol. The highest BCUT2D eigenvalue weighted by molar-refractivity contribution is 6.31. The predicted octanol–water partition coefficient (Wildman–Crippen LogP) is 3.69. The fourth-order valence-electron chi connectivity index (χ4n) is 2.99. The van der Waals surface area contributed by atoms with Gasteiger partial charge in [-0.05, 0) is 48.9 Å². The molecular formula is C20H20ClN3O3. The second-order valence-corrected chi connectivity index (χ2v) is 6.82. The SMILES string of the molecule is CCCN(Cc1ccc(C(=O)O)cc1)Cc1nc2cc(Cl)ccc2c(=O)[nH]1. The number of hydrogen-bond acceptors (Lipinski definition) is 4. The van der Waals surface area contributed by atoms with E-state index in [2.05, 4.69) is 21.8 Å². The minimum absolute atomic E-state index is 0.186. The first-order valence-corrected chi connectivity index (χ1v) is 9.07. The number of benzene rings is 2. The van der Waals surface area contributed by atoms with E-state index in [0.717, 1.165) is 18.5 Å². The maximum atomic E-state index is 12.3. The zero-order chi connectivity index (χ0) is 19.4. The molecule has 2 N–H and O–H groups in total. The van der Waals surface area contributed by atoms with E-state index in [1.165, 1.54) is 0 Å². The molecule has 0 saturated carbocycles. The molecule has 0 bridgehead atoms. The summed E-state index contributed by atoms with van der Waals surface area (Å²) in [4.78, 5) is 32.8. The molecule has 3 aromatic rings. The lowest BCUT2D eigenvalue weighted by Crippen LogP contribution is -2.26. The summed E-state index contributed by atoms with van der Waals surface area (Å²) in [6.07, 6.45) is 0.941. The third-order valence-electron chi connectivity index (χ3n) is 4.24. The Labute approximate surface area is 161 Å². The number of carboxylic acids is 1. The summed E-state index contributed by atoms with van der Waals surface area (Å²) >= 11 is 6.02. The van der Waals surface area contributed by atoms with Crippen LogP contribution in [0, 0.1) is 0 Å².